The summed E-state index contributed by atoms with van der Waals surface area (Å²) in [6, 6.07) is 3.15. The molecule has 0 saturated heterocycles. The third kappa shape index (κ3) is 3.84. The van der Waals surface area contributed by atoms with E-state index in [0.717, 1.165) is 25.1 Å². The Labute approximate surface area is 119 Å². The molecule has 1 aromatic rings. The third-order valence-corrected chi connectivity index (χ3v) is 7.00. The van der Waals surface area contributed by atoms with Gasteiger partial charge in [-0.2, -0.15) is 5.10 Å². The topological polar surface area (TPSA) is 50.1 Å². The Kier molecular flexibility index (Phi) is 4.44. The lowest BCUT2D eigenvalue weighted by Gasteiger charge is -2.16. The highest BCUT2D eigenvalue weighted by atomic mass is 32.2. The van der Waals surface area contributed by atoms with Crippen molar-refractivity contribution in [1.82, 2.24) is 9.78 Å². The van der Waals surface area contributed by atoms with Crippen LogP contribution in [0, 0.1) is 0 Å². The molecule has 4 nitrogen and oxygen atoms in total. The Morgan fingerprint density at radius 1 is 1.47 bits per heavy atom. The van der Waals surface area contributed by atoms with Gasteiger partial charge in [0.05, 0.1) is 6.26 Å². The van der Waals surface area contributed by atoms with Crippen molar-refractivity contribution in [2.24, 2.45) is 0 Å². The maximum atomic E-state index is 11.7. The van der Waals surface area contributed by atoms with E-state index in [1.807, 2.05) is 16.9 Å². The Morgan fingerprint density at radius 3 is 2.68 bits per heavy atom. The largest absolute Gasteiger partial charge is 0.616 e. The molecule has 6 heteroatoms. The first kappa shape index (κ1) is 15.1. The summed E-state index contributed by atoms with van der Waals surface area (Å²) >= 11 is -0.833. The van der Waals surface area contributed by atoms with Gasteiger partial charge in [-0.3, -0.25) is 0 Å². The molecule has 108 valence electrons. The zero-order chi connectivity index (χ0) is 14.1. The molecule has 0 N–H and O–H groups in total. The van der Waals surface area contributed by atoms with Gasteiger partial charge >= 0.3 is 0 Å². The second-order valence-electron chi connectivity index (χ2n) is 6.54. The number of nitrogens with zero attached hydrogens (tertiary/aromatic N) is 2. The van der Waals surface area contributed by atoms with Crippen molar-refractivity contribution in [2.45, 2.75) is 50.0 Å². The van der Waals surface area contributed by atoms with Crippen LogP contribution in [0.15, 0.2) is 12.3 Å². The van der Waals surface area contributed by atoms with Crippen molar-refractivity contribution in [1.29, 1.82) is 0 Å². The van der Waals surface area contributed by atoms with Crippen molar-refractivity contribution in [3.8, 4) is 0 Å². The molecular formula is C13H24N2O2SSi. The maximum absolute atomic E-state index is 11.7. The molecule has 1 aromatic heterocycles. The molecule has 0 aliphatic heterocycles. The molecule has 1 heterocycles. The van der Waals surface area contributed by atoms with Gasteiger partial charge in [-0.15, -0.1) is 0 Å². The number of hydrogen-bond donors (Lipinski definition) is 0. The van der Waals surface area contributed by atoms with Crippen molar-refractivity contribution in [2.75, 3.05) is 12.9 Å². The molecule has 1 aliphatic rings. The minimum absolute atomic E-state index is 0.163. The molecule has 1 saturated carbocycles. The fourth-order valence-electron chi connectivity index (χ4n) is 2.02. The SMILES string of the molecule is C[S+]([O-])C1(c2ccn(COCC[Si](C)(C)C)n2)CC1. The molecular weight excluding hydrogens is 276 g/mol. The zero-order valence-corrected chi connectivity index (χ0v) is 14.1. The number of hydrogen-bond acceptors (Lipinski definition) is 3. The second kappa shape index (κ2) is 5.59. The summed E-state index contributed by atoms with van der Waals surface area (Å²) < 4.78 is 19.1. The summed E-state index contributed by atoms with van der Waals surface area (Å²) in [7, 11) is -1.02. The van der Waals surface area contributed by atoms with Crippen LogP contribution in [0.4, 0.5) is 0 Å². The molecule has 1 fully saturated rings. The Balaban J connectivity index is 1.82. The van der Waals surface area contributed by atoms with Gasteiger partial charge < -0.3 is 9.29 Å². The van der Waals surface area contributed by atoms with Gasteiger partial charge in [0, 0.05) is 33.7 Å². The van der Waals surface area contributed by atoms with E-state index in [9.17, 15) is 4.55 Å². The van der Waals surface area contributed by atoms with Crippen LogP contribution in [-0.4, -0.2) is 35.3 Å². The van der Waals surface area contributed by atoms with Crippen LogP contribution in [0.1, 0.15) is 18.5 Å². The summed E-state index contributed by atoms with van der Waals surface area (Å²) in [5, 5.41) is 4.51. The highest BCUT2D eigenvalue weighted by Crippen LogP contribution is 2.51. The minimum atomic E-state index is -1.02. The van der Waals surface area contributed by atoms with Gasteiger partial charge in [0.15, 0.2) is 4.75 Å². The maximum Gasteiger partial charge on any atom is 0.169 e. The molecule has 1 atom stereocenters. The van der Waals surface area contributed by atoms with Crippen LogP contribution < -0.4 is 0 Å². The number of ether oxygens (including phenoxy) is 1. The van der Waals surface area contributed by atoms with E-state index in [0.29, 0.717) is 6.73 Å². The molecule has 2 rings (SSSR count). The number of aromatic nitrogens is 2. The van der Waals surface area contributed by atoms with Crippen LogP contribution in [0.5, 0.6) is 0 Å². The molecule has 0 bridgehead atoms. The van der Waals surface area contributed by atoms with E-state index >= 15 is 0 Å². The minimum Gasteiger partial charge on any atom is -0.616 e. The van der Waals surface area contributed by atoms with E-state index in [4.69, 9.17) is 4.74 Å². The standard InChI is InChI=1S/C13H24N2O2SSi/c1-18(16)13(6-7-13)12-5-8-15(14-12)11-17-9-10-19(2,3)4/h5,8H,6-7,9-11H2,1-4H3. The van der Waals surface area contributed by atoms with E-state index in [-0.39, 0.29) is 4.75 Å². The predicted octanol–water partition coefficient (Wildman–Crippen LogP) is 2.56. The monoisotopic (exact) mass is 300 g/mol. The van der Waals surface area contributed by atoms with Gasteiger partial charge in [0.1, 0.15) is 12.4 Å². The van der Waals surface area contributed by atoms with E-state index in [2.05, 4.69) is 24.7 Å². The molecule has 1 unspecified atom stereocenters. The van der Waals surface area contributed by atoms with Crippen LogP contribution in [0.2, 0.25) is 25.7 Å². The van der Waals surface area contributed by atoms with E-state index < -0.39 is 19.2 Å². The average molecular weight is 300 g/mol. The summed E-state index contributed by atoms with van der Waals surface area (Å²) in [6.45, 7) is 8.33. The lowest BCUT2D eigenvalue weighted by molar-refractivity contribution is 0.0782. The van der Waals surface area contributed by atoms with Gasteiger partial charge in [0.2, 0.25) is 0 Å². The summed E-state index contributed by atoms with van der Waals surface area (Å²) in [5.74, 6) is 0. The smallest absolute Gasteiger partial charge is 0.169 e. The Morgan fingerprint density at radius 2 is 2.16 bits per heavy atom. The zero-order valence-electron chi connectivity index (χ0n) is 12.3. The quantitative estimate of drug-likeness (QED) is 0.442. The van der Waals surface area contributed by atoms with Gasteiger partial charge in [-0.25, -0.2) is 4.68 Å². The lowest BCUT2D eigenvalue weighted by atomic mass is 10.3. The van der Waals surface area contributed by atoms with Gasteiger partial charge in [-0.1, -0.05) is 19.6 Å². The highest BCUT2D eigenvalue weighted by molar-refractivity contribution is 7.91. The van der Waals surface area contributed by atoms with Crippen molar-refractivity contribution < 1.29 is 9.29 Å². The van der Waals surface area contributed by atoms with Crippen LogP contribution in [0.25, 0.3) is 0 Å². The van der Waals surface area contributed by atoms with Crippen LogP contribution in [-0.2, 0) is 27.4 Å². The molecule has 0 spiro atoms. The number of rotatable bonds is 7. The first-order valence-electron chi connectivity index (χ1n) is 6.79. The fourth-order valence-corrected chi connectivity index (χ4v) is 3.85. The molecule has 0 aromatic carbocycles. The van der Waals surface area contributed by atoms with Gasteiger partial charge in [0.25, 0.3) is 0 Å². The van der Waals surface area contributed by atoms with E-state index in [1.165, 1.54) is 6.04 Å². The Hall–Kier alpha value is -0.303. The lowest BCUT2D eigenvalue weighted by Crippen LogP contribution is -2.22. The summed E-state index contributed by atoms with van der Waals surface area (Å²) in [4.78, 5) is 0. The van der Waals surface area contributed by atoms with Crippen molar-refractivity contribution in [3.05, 3.63) is 18.0 Å². The first-order chi connectivity index (χ1) is 8.83. The van der Waals surface area contributed by atoms with Crippen molar-refractivity contribution in [3.63, 3.8) is 0 Å². The Bertz CT molecular complexity index is 425. The van der Waals surface area contributed by atoms with Gasteiger partial charge in [-0.05, 0) is 23.3 Å². The first-order valence-corrected chi connectivity index (χ1v) is 12.1. The fraction of sp³-hybridized carbons (Fsp3) is 0.769. The molecule has 19 heavy (non-hydrogen) atoms. The van der Waals surface area contributed by atoms with Crippen LogP contribution >= 0.6 is 0 Å². The average Bonchev–Trinajstić information content (AvgIpc) is 2.98. The summed E-state index contributed by atoms with van der Waals surface area (Å²) in [6.07, 6.45) is 5.68. The normalized spacial score (nSPS) is 19.4. The molecule has 0 radical (unpaired) electrons. The molecule has 0 amide bonds. The van der Waals surface area contributed by atoms with E-state index in [1.54, 1.807) is 6.26 Å². The van der Waals surface area contributed by atoms with Crippen LogP contribution in [0.3, 0.4) is 0 Å². The van der Waals surface area contributed by atoms with Crippen molar-refractivity contribution >= 4 is 19.2 Å². The second-order valence-corrected chi connectivity index (χ2v) is 13.8. The highest BCUT2D eigenvalue weighted by Gasteiger charge is 2.55. The third-order valence-electron chi connectivity index (χ3n) is 3.58. The summed E-state index contributed by atoms with van der Waals surface area (Å²) in [5.41, 5.74) is 0.960. The molecule has 1 aliphatic carbocycles. The predicted molar refractivity (Wildman–Crippen MR) is 81.3 cm³/mol.